The standard InChI is InChI=1S/4C4H8O2.Ge/c4*1-2-3-4(5)6;/h4*2-3H2,1H3,(H,5,6);/q;;;;+4/p-4. The van der Waals surface area contributed by atoms with E-state index in [9.17, 15) is 39.6 Å². The van der Waals surface area contributed by atoms with Crippen LogP contribution in [0.4, 0.5) is 0 Å². The van der Waals surface area contributed by atoms with Gasteiger partial charge in [0.2, 0.25) is 0 Å². The number of carbonyl (C=O) groups is 4. The van der Waals surface area contributed by atoms with E-state index in [-0.39, 0.29) is 43.3 Å². The van der Waals surface area contributed by atoms with Crippen LogP contribution in [0.15, 0.2) is 0 Å². The largest absolute Gasteiger partial charge is 4.00 e. The summed E-state index contributed by atoms with van der Waals surface area (Å²) in [4.78, 5) is 38.0. The van der Waals surface area contributed by atoms with Gasteiger partial charge in [-0.15, -0.1) is 0 Å². The number of rotatable bonds is 8. The Balaban J connectivity index is -0.0000000702. The van der Waals surface area contributed by atoms with E-state index in [0.717, 1.165) is 0 Å². The van der Waals surface area contributed by atoms with Crippen LogP contribution in [0.25, 0.3) is 0 Å². The zero-order chi connectivity index (χ0) is 20.0. The van der Waals surface area contributed by atoms with Crippen LogP contribution >= 0.6 is 0 Å². The Morgan fingerprint density at radius 2 is 0.600 bits per heavy atom. The van der Waals surface area contributed by atoms with Gasteiger partial charge in [0, 0.05) is 23.9 Å². The van der Waals surface area contributed by atoms with Crippen LogP contribution in [0.5, 0.6) is 0 Å². The Labute approximate surface area is 160 Å². The average molecular weight is 421 g/mol. The summed E-state index contributed by atoms with van der Waals surface area (Å²) in [6, 6.07) is 0. The predicted molar refractivity (Wildman–Crippen MR) is 85.4 cm³/mol. The number of carboxylic acid groups (broad SMARTS) is 4. The van der Waals surface area contributed by atoms with Gasteiger partial charge in [-0.25, -0.2) is 0 Å². The van der Waals surface area contributed by atoms with Gasteiger partial charge in [-0.2, -0.15) is 0 Å². The molecule has 144 valence electrons. The molecular formula is C16H28GeO8. The molecule has 0 aliphatic heterocycles. The van der Waals surface area contributed by atoms with Gasteiger partial charge < -0.3 is 39.6 Å². The molecule has 8 nitrogen and oxygen atoms in total. The topological polar surface area (TPSA) is 161 Å². The first-order chi connectivity index (χ1) is 11.1. The first kappa shape index (κ1) is 34.7. The second-order valence-electron chi connectivity index (χ2n) is 4.49. The molecule has 0 saturated carbocycles. The summed E-state index contributed by atoms with van der Waals surface area (Å²) >= 11 is 0. The molecule has 0 aliphatic rings. The molecule has 0 heterocycles. The second-order valence-corrected chi connectivity index (χ2v) is 4.49. The van der Waals surface area contributed by atoms with Crippen molar-refractivity contribution in [1.82, 2.24) is 0 Å². The Morgan fingerprint density at radius 1 is 0.480 bits per heavy atom. The fourth-order valence-corrected chi connectivity index (χ4v) is 0.816. The van der Waals surface area contributed by atoms with Gasteiger partial charge in [0.1, 0.15) is 0 Å². The fraction of sp³-hybridized carbons (Fsp3) is 0.750. The number of carbonyl (C=O) groups excluding carboxylic acids is 4. The molecule has 0 radical (unpaired) electrons. The summed E-state index contributed by atoms with van der Waals surface area (Å²) in [5, 5.41) is 38.0. The van der Waals surface area contributed by atoms with Crippen molar-refractivity contribution < 1.29 is 39.6 Å². The monoisotopic (exact) mass is 422 g/mol. The quantitative estimate of drug-likeness (QED) is 0.398. The molecule has 0 fully saturated rings. The Bertz CT molecular complexity index is 268. The molecule has 9 heteroatoms. The first-order valence-electron chi connectivity index (χ1n) is 7.88. The average Bonchev–Trinajstić information content (AvgIpc) is 2.39. The van der Waals surface area contributed by atoms with E-state index in [1.165, 1.54) is 0 Å². The van der Waals surface area contributed by atoms with E-state index >= 15 is 0 Å². The van der Waals surface area contributed by atoms with Crippen LogP contribution in [0.2, 0.25) is 0 Å². The maximum atomic E-state index is 9.49. The molecule has 0 atom stereocenters. The van der Waals surface area contributed by atoms with Gasteiger partial charge in [0.25, 0.3) is 0 Å². The minimum atomic E-state index is -0.961. The van der Waals surface area contributed by atoms with E-state index in [1.807, 2.05) is 0 Å². The summed E-state index contributed by atoms with van der Waals surface area (Å²) < 4.78 is 0. The number of carboxylic acids is 4. The molecule has 0 amide bonds. The Kier molecular flexibility index (Phi) is 42.1. The summed E-state index contributed by atoms with van der Waals surface area (Å²) in [5.74, 6) is -3.84. The van der Waals surface area contributed by atoms with Crippen molar-refractivity contribution in [2.24, 2.45) is 0 Å². The first-order valence-corrected chi connectivity index (χ1v) is 7.88. The molecule has 25 heavy (non-hydrogen) atoms. The van der Waals surface area contributed by atoms with Crippen molar-refractivity contribution in [3.63, 3.8) is 0 Å². The number of hydrogen-bond acceptors (Lipinski definition) is 8. The number of hydrogen-bond donors (Lipinski definition) is 0. The minimum absolute atomic E-state index is 0. The van der Waals surface area contributed by atoms with Gasteiger partial charge in [-0.1, -0.05) is 53.4 Å². The zero-order valence-electron chi connectivity index (χ0n) is 15.4. The van der Waals surface area contributed by atoms with Crippen LogP contribution < -0.4 is 20.4 Å². The fourth-order valence-electron chi connectivity index (χ4n) is 0.816. The number of aliphatic carboxylic acids is 4. The third-order valence-electron chi connectivity index (χ3n) is 1.82. The van der Waals surface area contributed by atoms with Gasteiger partial charge >= 0.3 is 17.6 Å². The van der Waals surface area contributed by atoms with Crippen LogP contribution in [0.1, 0.15) is 79.1 Å². The molecule has 0 bridgehead atoms. The molecule has 0 aromatic rings. The van der Waals surface area contributed by atoms with E-state index < -0.39 is 23.9 Å². The van der Waals surface area contributed by atoms with Crippen LogP contribution in [0, 0.1) is 0 Å². The molecule has 0 unspecified atom stereocenters. The normalized spacial score (nSPS) is 7.84. The molecule has 0 aliphatic carbocycles. The van der Waals surface area contributed by atoms with E-state index in [0.29, 0.717) is 25.7 Å². The second kappa shape index (κ2) is 30.3. The predicted octanol–water partition coefficient (Wildman–Crippen LogP) is -2.24. The summed E-state index contributed by atoms with van der Waals surface area (Å²) in [6.45, 7) is 7.21. The zero-order valence-corrected chi connectivity index (χ0v) is 17.5. The van der Waals surface area contributed by atoms with Crippen molar-refractivity contribution in [2.45, 2.75) is 79.1 Å². The van der Waals surface area contributed by atoms with E-state index in [4.69, 9.17) is 0 Å². The maximum absolute atomic E-state index is 9.49. The van der Waals surface area contributed by atoms with Crippen LogP contribution in [-0.4, -0.2) is 41.5 Å². The van der Waals surface area contributed by atoms with Crippen molar-refractivity contribution in [2.75, 3.05) is 0 Å². The third kappa shape index (κ3) is 86.1. The smallest absolute Gasteiger partial charge is 0.550 e. The Hall–Kier alpha value is -1.58. The summed E-state index contributed by atoms with van der Waals surface area (Å²) in [7, 11) is 0. The molecule has 0 rings (SSSR count). The van der Waals surface area contributed by atoms with Gasteiger partial charge in [-0.3, -0.25) is 0 Å². The molecule has 0 saturated heterocycles. The molecule has 0 aromatic carbocycles. The SMILES string of the molecule is CCCC(=O)[O-].CCCC(=O)[O-].CCCC(=O)[O-].CCCC(=O)[O-].[Ge+4]. The van der Waals surface area contributed by atoms with E-state index in [2.05, 4.69) is 0 Å². The third-order valence-corrected chi connectivity index (χ3v) is 1.82. The van der Waals surface area contributed by atoms with Crippen molar-refractivity contribution in [3.8, 4) is 0 Å². The van der Waals surface area contributed by atoms with Crippen molar-refractivity contribution in [1.29, 1.82) is 0 Å². The summed E-state index contributed by atoms with van der Waals surface area (Å²) in [6.07, 6.45) is 3.40. The molecule has 0 aromatic heterocycles. The molecule has 0 N–H and O–H groups in total. The molecule has 0 spiro atoms. The van der Waals surface area contributed by atoms with Gasteiger partial charge in [0.05, 0.1) is 0 Å². The van der Waals surface area contributed by atoms with Crippen LogP contribution in [-0.2, 0) is 19.2 Å². The Morgan fingerprint density at radius 3 is 0.600 bits per heavy atom. The van der Waals surface area contributed by atoms with Crippen molar-refractivity contribution in [3.05, 3.63) is 0 Å². The van der Waals surface area contributed by atoms with Crippen LogP contribution in [0.3, 0.4) is 0 Å². The minimum Gasteiger partial charge on any atom is -0.550 e. The van der Waals surface area contributed by atoms with Gasteiger partial charge in [-0.05, 0) is 25.7 Å². The van der Waals surface area contributed by atoms with E-state index in [1.54, 1.807) is 27.7 Å². The maximum Gasteiger partial charge on any atom is 4.00 e. The van der Waals surface area contributed by atoms with Gasteiger partial charge in [0.15, 0.2) is 0 Å². The molecular weight excluding hydrogens is 393 g/mol. The summed E-state index contributed by atoms with van der Waals surface area (Å²) in [5.41, 5.74) is 0. The van der Waals surface area contributed by atoms with Crippen molar-refractivity contribution >= 4 is 41.5 Å².